The number of nitrogens with zero attached hydrogens (tertiary/aromatic N) is 1. The molecule has 2 aromatic carbocycles. The number of para-hydroxylation sites is 1. The summed E-state index contributed by atoms with van der Waals surface area (Å²) in [5.41, 5.74) is 2.82. The van der Waals surface area contributed by atoms with Gasteiger partial charge in [-0.25, -0.2) is 5.10 Å². The molecule has 0 atom stereocenters. The maximum absolute atomic E-state index is 11.1. The molecule has 0 amide bonds. The molecule has 2 heterocycles. The first-order chi connectivity index (χ1) is 11.8. The number of ether oxygens (including phenoxy) is 2. The average molecular weight is 320 g/mol. The fraction of sp³-hybridized carbons (Fsp3) is 0.158. The van der Waals surface area contributed by atoms with Crippen molar-refractivity contribution in [2.75, 3.05) is 6.61 Å². The van der Waals surface area contributed by atoms with Crippen molar-refractivity contribution < 1.29 is 9.47 Å². The zero-order valence-corrected chi connectivity index (χ0v) is 13.0. The quantitative estimate of drug-likeness (QED) is 0.802. The third-order valence-electron chi connectivity index (χ3n) is 3.90. The highest BCUT2D eigenvalue weighted by Gasteiger charge is 2.20. The van der Waals surface area contributed by atoms with E-state index in [1.807, 2.05) is 36.4 Å². The number of fused-ring (bicyclic) bond motifs is 1. The molecular formula is C19H16N2O3. The van der Waals surface area contributed by atoms with E-state index in [1.165, 1.54) is 6.07 Å². The van der Waals surface area contributed by atoms with Crippen molar-refractivity contribution in [2.24, 2.45) is 0 Å². The van der Waals surface area contributed by atoms with Crippen LogP contribution in [0.1, 0.15) is 16.8 Å². The Morgan fingerprint density at radius 1 is 1.12 bits per heavy atom. The van der Waals surface area contributed by atoms with E-state index in [-0.39, 0.29) is 5.56 Å². The number of aromatic amines is 1. The Morgan fingerprint density at radius 3 is 2.79 bits per heavy atom. The number of aromatic nitrogens is 2. The SMILES string of the molecule is O=c1ccc(Cc2cc3c(c(Oc4ccccc4)c2)OCC3)n[nH]1. The smallest absolute Gasteiger partial charge is 0.264 e. The van der Waals surface area contributed by atoms with Gasteiger partial charge in [-0.2, -0.15) is 5.10 Å². The molecule has 120 valence electrons. The van der Waals surface area contributed by atoms with Gasteiger partial charge in [0.25, 0.3) is 5.56 Å². The Bertz CT molecular complexity index is 899. The highest BCUT2D eigenvalue weighted by atomic mass is 16.5. The normalized spacial score (nSPS) is 12.5. The van der Waals surface area contributed by atoms with E-state index in [1.54, 1.807) is 6.07 Å². The summed E-state index contributed by atoms with van der Waals surface area (Å²) in [7, 11) is 0. The molecule has 0 unspecified atom stereocenters. The van der Waals surface area contributed by atoms with E-state index >= 15 is 0 Å². The second kappa shape index (κ2) is 6.20. The van der Waals surface area contributed by atoms with Crippen LogP contribution >= 0.6 is 0 Å². The van der Waals surface area contributed by atoms with Crippen molar-refractivity contribution in [3.8, 4) is 17.2 Å². The van der Waals surface area contributed by atoms with Gasteiger partial charge in [0.15, 0.2) is 11.5 Å². The predicted molar refractivity (Wildman–Crippen MR) is 89.8 cm³/mol. The number of hydrogen-bond donors (Lipinski definition) is 1. The van der Waals surface area contributed by atoms with Gasteiger partial charge in [-0.15, -0.1) is 0 Å². The lowest BCUT2D eigenvalue weighted by atomic mass is 10.0. The van der Waals surface area contributed by atoms with Crippen LogP contribution in [0.3, 0.4) is 0 Å². The van der Waals surface area contributed by atoms with Crippen molar-refractivity contribution in [1.82, 2.24) is 10.2 Å². The van der Waals surface area contributed by atoms with E-state index in [9.17, 15) is 4.79 Å². The topological polar surface area (TPSA) is 64.2 Å². The first kappa shape index (κ1) is 14.5. The largest absolute Gasteiger partial charge is 0.489 e. The van der Waals surface area contributed by atoms with Gasteiger partial charge in [0, 0.05) is 24.5 Å². The molecule has 0 fully saturated rings. The molecule has 24 heavy (non-hydrogen) atoms. The van der Waals surface area contributed by atoms with Crippen LogP contribution in [-0.4, -0.2) is 16.8 Å². The van der Waals surface area contributed by atoms with Gasteiger partial charge < -0.3 is 9.47 Å². The van der Waals surface area contributed by atoms with Crippen LogP contribution in [0, 0.1) is 0 Å². The van der Waals surface area contributed by atoms with Crippen molar-refractivity contribution in [3.05, 3.63) is 81.8 Å². The Balaban J connectivity index is 1.67. The second-order valence-corrected chi connectivity index (χ2v) is 5.69. The summed E-state index contributed by atoms with van der Waals surface area (Å²) < 4.78 is 11.8. The summed E-state index contributed by atoms with van der Waals surface area (Å²) in [4.78, 5) is 11.1. The van der Waals surface area contributed by atoms with E-state index < -0.39 is 0 Å². The van der Waals surface area contributed by atoms with Gasteiger partial charge in [-0.05, 0) is 29.8 Å². The molecule has 5 nitrogen and oxygen atoms in total. The molecule has 0 aliphatic carbocycles. The minimum atomic E-state index is -0.200. The van der Waals surface area contributed by atoms with Crippen molar-refractivity contribution in [1.29, 1.82) is 0 Å². The lowest BCUT2D eigenvalue weighted by Gasteiger charge is -2.12. The molecule has 5 heteroatoms. The van der Waals surface area contributed by atoms with Crippen molar-refractivity contribution >= 4 is 0 Å². The summed E-state index contributed by atoms with van der Waals surface area (Å²) >= 11 is 0. The summed E-state index contributed by atoms with van der Waals surface area (Å²) in [6.07, 6.45) is 1.49. The van der Waals surface area contributed by atoms with Gasteiger partial charge in [0.1, 0.15) is 5.75 Å². The number of hydrogen-bond acceptors (Lipinski definition) is 4. The zero-order chi connectivity index (χ0) is 16.4. The van der Waals surface area contributed by atoms with Crippen LogP contribution in [0.2, 0.25) is 0 Å². The van der Waals surface area contributed by atoms with Gasteiger partial charge in [0.05, 0.1) is 12.3 Å². The third-order valence-corrected chi connectivity index (χ3v) is 3.90. The van der Waals surface area contributed by atoms with E-state index in [4.69, 9.17) is 9.47 Å². The predicted octanol–water partition coefficient (Wildman–Crippen LogP) is 3.09. The minimum Gasteiger partial charge on any atom is -0.489 e. The number of H-pyrrole nitrogens is 1. The molecule has 0 radical (unpaired) electrons. The molecule has 1 aliphatic rings. The van der Waals surface area contributed by atoms with Crippen molar-refractivity contribution in [2.45, 2.75) is 12.8 Å². The molecule has 0 spiro atoms. The monoisotopic (exact) mass is 320 g/mol. The van der Waals surface area contributed by atoms with Crippen LogP contribution < -0.4 is 15.0 Å². The molecule has 0 saturated carbocycles. The summed E-state index contributed by atoms with van der Waals surface area (Å²) in [6, 6.07) is 17.0. The van der Waals surface area contributed by atoms with Gasteiger partial charge in [0.2, 0.25) is 0 Å². The van der Waals surface area contributed by atoms with Gasteiger partial charge in [-0.1, -0.05) is 24.3 Å². The molecular weight excluding hydrogens is 304 g/mol. The number of benzene rings is 2. The average Bonchev–Trinajstić information content (AvgIpc) is 3.07. The molecule has 0 saturated heterocycles. The fourth-order valence-corrected chi connectivity index (χ4v) is 2.81. The maximum atomic E-state index is 11.1. The van der Waals surface area contributed by atoms with E-state index in [0.29, 0.717) is 13.0 Å². The first-order valence-electron chi connectivity index (χ1n) is 7.84. The minimum absolute atomic E-state index is 0.200. The van der Waals surface area contributed by atoms with Crippen LogP contribution in [0.4, 0.5) is 0 Å². The van der Waals surface area contributed by atoms with Gasteiger partial charge >= 0.3 is 0 Å². The zero-order valence-electron chi connectivity index (χ0n) is 13.0. The van der Waals surface area contributed by atoms with Crippen molar-refractivity contribution in [3.63, 3.8) is 0 Å². The summed E-state index contributed by atoms with van der Waals surface area (Å²) in [5, 5.41) is 6.54. The first-order valence-corrected chi connectivity index (χ1v) is 7.84. The Labute approximate surface area is 138 Å². The Morgan fingerprint density at radius 2 is 2.00 bits per heavy atom. The molecule has 1 aromatic heterocycles. The van der Waals surface area contributed by atoms with Gasteiger partial charge in [-0.3, -0.25) is 4.79 Å². The van der Waals surface area contributed by atoms with E-state index in [2.05, 4.69) is 16.3 Å². The molecule has 0 bridgehead atoms. The Hall–Kier alpha value is -3.08. The number of nitrogens with one attached hydrogen (secondary N) is 1. The maximum Gasteiger partial charge on any atom is 0.264 e. The summed E-state index contributed by atoms with van der Waals surface area (Å²) in [5.74, 6) is 2.31. The number of rotatable bonds is 4. The fourth-order valence-electron chi connectivity index (χ4n) is 2.81. The van der Waals surface area contributed by atoms with Crippen LogP contribution in [0.15, 0.2) is 59.4 Å². The Kier molecular flexibility index (Phi) is 3.75. The molecule has 1 aliphatic heterocycles. The second-order valence-electron chi connectivity index (χ2n) is 5.69. The lowest BCUT2D eigenvalue weighted by Crippen LogP contribution is -2.07. The van der Waals surface area contributed by atoms with Crippen LogP contribution in [-0.2, 0) is 12.8 Å². The molecule has 3 aromatic rings. The highest BCUT2D eigenvalue weighted by Crippen LogP contribution is 2.39. The van der Waals surface area contributed by atoms with E-state index in [0.717, 1.165) is 40.5 Å². The summed E-state index contributed by atoms with van der Waals surface area (Å²) in [6.45, 7) is 0.668. The molecule has 1 N–H and O–H groups in total. The van der Waals surface area contributed by atoms with Crippen LogP contribution in [0.5, 0.6) is 17.2 Å². The van der Waals surface area contributed by atoms with Crippen LogP contribution in [0.25, 0.3) is 0 Å². The molecule has 4 rings (SSSR count). The highest BCUT2D eigenvalue weighted by molar-refractivity contribution is 5.53. The third kappa shape index (κ3) is 3.01. The lowest BCUT2D eigenvalue weighted by molar-refractivity contribution is 0.338. The standard InChI is InChI=1S/C19H16N2O3/c22-18-7-6-15(20-21-18)11-13-10-14-8-9-23-19(14)17(12-13)24-16-4-2-1-3-5-16/h1-7,10,12H,8-9,11H2,(H,21,22).